The molecular weight excluding hydrogens is 342 g/mol. The summed E-state index contributed by atoms with van der Waals surface area (Å²) in [5.74, 6) is 0.536. The van der Waals surface area contributed by atoms with E-state index in [0.29, 0.717) is 38.3 Å². The van der Waals surface area contributed by atoms with Crippen molar-refractivity contribution in [3.05, 3.63) is 36.5 Å². The molecule has 2 amide bonds. The number of fused-ring (bicyclic) bond motifs is 1. The smallest absolute Gasteiger partial charge is 0.229 e. The number of nitrogens with zero attached hydrogens (tertiary/aromatic N) is 3. The van der Waals surface area contributed by atoms with Crippen molar-refractivity contribution in [2.45, 2.75) is 32.2 Å². The maximum atomic E-state index is 11.8. The van der Waals surface area contributed by atoms with Crippen LogP contribution in [0.3, 0.4) is 0 Å². The van der Waals surface area contributed by atoms with Crippen LogP contribution in [-0.2, 0) is 16.1 Å². The van der Waals surface area contributed by atoms with Gasteiger partial charge >= 0.3 is 0 Å². The number of hydrogen-bond donors (Lipinski definition) is 2. The summed E-state index contributed by atoms with van der Waals surface area (Å²) in [7, 11) is 1.71. The Labute approximate surface area is 159 Å². The lowest BCUT2D eigenvalue weighted by atomic mass is 10.1. The Morgan fingerprint density at radius 1 is 1.04 bits per heavy atom. The second-order valence-corrected chi connectivity index (χ2v) is 6.64. The molecule has 3 rings (SSSR count). The van der Waals surface area contributed by atoms with E-state index in [2.05, 4.69) is 56.7 Å². The summed E-state index contributed by atoms with van der Waals surface area (Å²) in [4.78, 5) is 29.1. The van der Waals surface area contributed by atoms with Crippen LogP contribution < -0.4 is 10.6 Å². The lowest BCUT2D eigenvalue weighted by molar-refractivity contribution is -0.147. The van der Waals surface area contributed by atoms with Gasteiger partial charge in [-0.3, -0.25) is 19.5 Å². The van der Waals surface area contributed by atoms with E-state index < -0.39 is 0 Å². The van der Waals surface area contributed by atoms with Gasteiger partial charge in [0.05, 0.1) is 0 Å². The molecule has 27 heavy (non-hydrogen) atoms. The number of aromatic nitrogens is 1. The molecule has 7 heteroatoms. The highest BCUT2D eigenvalue weighted by Gasteiger charge is 2.25. The Morgan fingerprint density at radius 3 is 2.56 bits per heavy atom. The molecule has 0 unspecified atom stereocenters. The molecule has 0 atom stereocenters. The quantitative estimate of drug-likeness (QED) is 0.337. The third-order valence-electron chi connectivity index (χ3n) is 4.78. The third-order valence-corrected chi connectivity index (χ3v) is 4.78. The molecule has 0 spiro atoms. The van der Waals surface area contributed by atoms with E-state index >= 15 is 0 Å². The number of benzene rings is 1. The predicted molar refractivity (Wildman–Crippen MR) is 106 cm³/mol. The molecule has 1 saturated heterocycles. The molecule has 0 aliphatic carbocycles. The van der Waals surface area contributed by atoms with E-state index in [-0.39, 0.29) is 11.8 Å². The average Bonchev–Trinajstić information content (AvgIpc) is 3.09. The minimum Gasteiger partial charge on any atom is -0.356 e. The van der Waals surface area contributed by atoms with Gasteiger partial charge in [-0.15, -0.1) is 0 Å². The van der Waals surface area contributed by atoms with Crippen LogP contribution in [0.4, 0.5) is 0 Å². The first-order valence-electron chi connectivity index (χ1n) is 9.50. The van der Waals surface area contributed by atoms with Crippen molar-refractivity contribution in [3.8, 4) is 0 Å². The summed E-state index contributed by atoms with van der Waals surface area (Å²) in [6.45, 7) is 2.59. The van der Waals surface area contributed by atoms with Gasteiger partial charge in [-0.05, 0) is 30.4 Å². The normalized spacial score (nSPS) is 15.4. The number of nitrogens with one attached hydrogen (secondary N) is 2. The van der Waals surface area contributed by atoms with Gasteiger partial charge in [-0.2, -0.15) is 0 Å². The number of guanidine groups is 1. The van der Waals surface area contributed by atoms with E-state index in [1.54, 1.807) is 7.05 Å². The molecule has 1 aliphatic heterocycles. The van der Waals surface area contributed by atoms with E-state index in [9.17, 15) is 9.59 Å². The number of piperidine rings is 1. The standard InChI is InChI=1S/C20H27N5O2/c1-21-20(23-12-15-25-18(26)8-4-9-19(25)27)22-11-5-13-24-14-10-16-6-2-3-7-17(16)24/h2-3,6-7,10,14H,4-5,8-9,11-13,15H2,1H3,(H2,21,22,23). The van der Waals surface area contributed by atoms with Gasteiger partial charge in [0.25, 0.3) is 0 Å². The fraction of sp³-hybridized carbons (Fsp3) is 0.450. The summed E-state index contributed by atoms with van der Waals surface area (Å²) in [5, 5.41) is 7.70. The number of carbonyl (C=O) groups excluding carboxylic acids is 2. The van der Waals surface area contributed by atoms with Crippen LogP contribution in [-0.4, -0.2) is 53.9 Å². The number of carbonyl (C=O) groups is 2. The van der Waals surface area contributed by atoms with Crippen LogP contribution in [0.5, 0.6) is 0 Å². The largest absolute Gasteiger partial charge is 0.356 e. The number of amides is 2. The molecule has 1 aromatic carbocycles. The highest BCUT2D eigenvalue weighted by molar-refractivity contribution is 5.97. The molecule has 144 valence electrons. The van der Waals surface area contributed by atoms with Gasteiger partial charge < -0.3 is 15.2 Å². The van der Waals surface area contributed by atoms with E-state index in [1.807, 2.05) is 0 Å². The van der Waals surface area contributed by atoms with Crippen molar-refractivity contribution < 1.29 is 9.59 Å². The van der Waals surface area contributed by atoms with Crippen LogP contribution in [0.15, 0.2) is 41.5 Å². The number of hydrogen-bond acceptors (Lipinski definition) is 3. The van der Waals surface area contributed by atoms with Crippen LogP contribution in [0, 0.1) is 0 Å². The Hall–Kier alpha value is -2.83. The summed E-state index contributed by atoms with van der Waals surface area (Å²) in [6, 6.07) is 10.5. The Kier molecular flexibility index (Phi) is 6.46. The van der Waals surface area contributed by atoms with Crippen molar-refractivity contribution in [3.63, 3.8) is 0 Å². The summed E-state index contributed by atoms with van der Waals surface area (Å²) >= 11 is 0. The van der Waals surface area contributed by atoms with E-state index in [4.69, 9.17) is 0 Å². The second-order valence-electron chi connectivity index (χ2n) is 6.64. The second kappa shape index (κ2) is 9.21. The highest BCUT2D eigenvalue weighted by Crippen LogP contribution is 2.15. The molecule has 2 heterocycles. The first-order valence-corrected chi connectivity index (χ1v) is 9.50. The molecule has 0 radical (unpaired) electrons. The van der Waals surface area contributed by atoms with Crippen molar-refractivity contribution in [1.82, 2.24) is 20.1 Å². The summed E-state index contributed by atoms with van der Waals surface area (Å²) < 4.78 is 2.25. The predicted octanol–water partition coefficient (Wildman–Crippen LogP) is 1.74. The first-order chi connectivity index (χ1) is 13.2. The molecule has 0 saturated carbocycles. The molecular formula is C20H27N5O2. The lowest BCUT2D eigenvalue weighted by Gasteiger charge is -2.25. The number of imide groups is 1. The van der Waals surface area contributed by atoms with Gasteiger partial charge in [0, 0.05) is 57.8 Å². The van der Waals surface area contributed by atoms with Gasteiger partial charge in [-0.1, -0.05) is 18.2 Å². The van der Waals surface area contributed by atoms with Crippen molar-refractivity contribution in [1.29, 1.82) is 0 Å². The van der Waals surface area contributed by atoms with Gasteiger partial charge in [0.2, 0.25) is 11.8 Å². The Bertz CT molecular complexity index is 811. The molecule has 0 bridgehead atoms. The zero-order valence-electron chi connectivity index (χ0n) is 15.8. The van der Waals surface area contributed by atoms with Gasteiger partial charge in [0.1, 0.15) is 0 Å². The average molecular weight is 369 g/mol. The lowest BCUT2D eigenvalue weighted by Crippen LogP contribution is -2.46. The first kappa shape index (κ1) is 18.9. The van der Waals surface area contributed by atoms with E-state index in [1.165, 1.54) is 15.8 Å². The molecule has 2 aromatic rings. The number of para-hydroxylation sites is 1. The van der Waals surface area contributed by atoms with Crippen LogP contribution in [0.1, 0.15) is 25.7 Å². The Balaban J connectivity index is 1.38. The summed E-state index contributed by atoms with van der Waals surface area (Å²) in [5.41, 5.74) is 1.25. The topological polar surface area (TPSA) is 78.7 Å². The molecule has 2 N–H and O–H groups in total. The van der Waals surface area contributed by atoms with Crippen molar-refractivity contribution in [2.24, 2.45) is 4.99 Å². The highest BCUT2D eigenvalue weighted by atomic mass is 16.2. The van der Waals surface area contributed by atoms with Gasteiger partial charge in [-0.25, -0.2) is 0 Å². The van der Waals surface area contributed by atoms with Crippen LogP contribution >= 0.6 is 0 Å². The number of aliphatic imine (C=N–C) groups is 1. The minimum absolute atomic E-state index is 0.0741. The zero-order valence-corrected chi connectivity index (χ0v) is 15.8. The zero-order chi connectivity index (χ0) is 19.1. The number of aryl methyl sites for hydroxylation is 1. The number of likely N-dealkylation sites (tertiary alicyclic amines) is 1. The van der Waals surface area contributed by atoms with Crippen molar-refractivity contribution in [2.75, 3.05) is 26.7 Å². The van der Waals surface area contributed by atoms with Gasteiger partial charge in [0.15, 0.2) is 5.96 Å². The SMILES string of the molecule is CN=C(NCCCn1ccc2ccccc21)NCCN1C(=O)CCCC1=O. The fourth-order valence-corrected chi connectivity index (χ4v) is 3.35. The molecule has 7 nitrogen and oxygen atoms in total. The maximum absolute atomic E-state index is 11.8. The Morgan fingerprint density at radius 2 is 1.78 bits per heavy atom. The summed E-state index contributed by atoms with van der Waals surface area (Å²) in [6.07, 6.45) is 4.67. The molecule has 1 fully saturated rings. The minimum atomic E-state index is -0.0741. The van der Waals surface area contributed by atoms with Crippen LogP contribution in [0.2, 0.25) is 0 Å². The molecule has 1 aromatic heterocycles. The van der Waals surface area contributed by atoms with Crippen molar-refractivity contribution >= 4 is 28.7 Å². The van der Waals surface area contributed by atoms with E-state index in [0.717, 1.165) is 19.5 Å². The molecule has 1 aliphatic rings. The van der Waals surface area contributed by atoms with Crippen LogP contribution in [0.25, 0.3) is 10.9 Å². The fourth-order valence-electron chi connectivity index (χ4n) is 3.35. The number of rotatable bonds is 7. The third kappa shape index (κ3) is 4.87. The monoisotopic (exact) mass is 369 g/mol. The maximum Gasteiger partial charge on any atom is 0.229 e.